The predicted octanol–water partition coefficient (Wildman–Crippen LogP) is 3.49. The summed E-state index contributed by atoms with van der Waals surface area (Å²) in [6.07, 6.45) is 0.890. The smallest absolute Gasteiger partial charge is 0.252 e. The van der Waals surface area contributed by atoms with Crippen LogP contribution in [-0.4, -0.2) is 42.9 Å². The second-order valence-corrected chi connectivity index (χ2v) is 9.10. The van der Waals surface area contributed by atoms with Gasteiger partial charge in [-0.25, -0.2) is 0 Å². The molecule has 3 atom stereocenters. The van der Waals surface area contributed by atoms with E-state index < -0.39 is 12.1 Å². The molecule has 1 fully saturated rings. The van der Waals surface area contributed by atoms with E-state index in [0.717, 1.165) is 16.9 Å². The van der Waals surface area contributed by atoms with E-state index >= 15 is 0 Å². The largest absolute Gasteiger partial charge is 0.497 e. The summed E-state index contributed by atoms with van der Waals surface area (Å²) in [5, 5.41) is 2.90. The van der Waals surface area contributed by atoms with Gasteiger partial charge in [-0.2, -0.15) is 0 Å². The number of carbonyl (C=O) groups is 3. The summed E-state index contributed by atoms with van der Waals surface area (Å²) in [4.78, 5) is 40.5. The number of nitrogens with one attached hydrogen (secondary N) is 1. The fourth-order valence-corrected chi connectivity index (χ4v) is 4.88. The van der Waals surface area contributed by atoms with Gasteiger partial charge in [0.05, 0.1) is 19.6 Å². The van der Waals surface area contributed by atoms with Crippen molar-refractivity contribution in [1.29, 1.82) is 0 Å². The maximum Gasteiger partial charge on any atom is 0.252 e. The Morgan fingerprint density at radius 3 is 2.44 bits per heavy atom. The minimum atomic E-state index is -0.683. The Labute approximate surface area is 210 Å². The summed E-state index contributed by atoms with van der Waals surface area (Å²) < 4.78 is 11.1. The third kappa shape index (κ3) is 4.82. The lowest BCUT2D eigenvalue weighted by Crippen LogP contribution is -2.71. The van der Waals surface area contributed by atoms with Crippen LogP contribution in [-0.2, 0) is 27.2 Å². The Bertz CT molecular complexity index is 1230. The second-order valence-electron chi connectivity index (χ2n) is 9.10. The van der Waals surface area contributed by atoms with Crippen LogP contribution in [0.4, 0.5) is 5.69 Å². The van der Waals surface area contributed by atoms with Crippen molar-refractivity contribution in [2.45, 2.75) is 43.9 Å². The van der Waals surface area contributed by atoms with Gasteiger partial charge in [0.15, 0.2) is 11.9 Å². The maximum atomic E-state index is 13.1. The highest BCUT2D eigenvalue weighted by atomic mass is 16.5. The number of hydrogen-bond acceptors (Lipinski definition) is 5. The lowest BCUT2D eigenvalue weighted by molar-refractivity contribution is -0.133. The number of Topliss-reactive ketones (excluding diaryl/α,β-unsaturated/α-hetero) is 1. The van der Waals surface area contributed by atoms with E-state index in [1.54, 1.807) is 24.1 Å². The molecule has 0 saturated carbocycles. The first-order valence-electron chi connectivity index (χ1n) is 12.1. The number of fused-ring (bicyclic) bond motifs is 1. The zero-order chi connectivity index (χ0) is 25.1. The van der Waals surface area contributed by atoms with Crippen molar-refractivity contribution in [3.05, 3.63) is 90.0 Å². The van der Waals surface area contributed by atoms with Gasteiger partial charge in [-0.15, -0.1) is 0 Å². The van der Waals surface area contributed by atoms with Gasteiger partial charge >= 0.3 is 0 Å². The van der Waals surface area contributed by atoms with Gasteiger partial charge in [0.2, 0.25) is 5.91 Å². The summed E-state index contributed by atoms with van der Waals surface area (Å²) in [6, 6.07) is 23.2. The quantitative estimate of drug-likeness (QED) is 0.470. The molecule has 2 aliphatic heterocycles. The van der Waals surface area contributed by atoms with Gasteiger partial charge < -0.3 is 19.7 Å². The van der Waals surface area contributed by atoms with Crippen LogP contribution in [0.2, 0.25) is 0 Å². The van der Waals surface area contributed by atoms with Crippen molar-refractivity contribution in [1.82, 2.24) is 5.32 Å². The van der Waals surface area contributed by atoms with Crippen molar-refractivity contribution in [3.63, 3.8) is 0 Å². The molecule has 1 N–H and O–H groups in total. The Balaban J connectivity index is 1.27. The average molecular weight is 485 g/mol. The van der Waals surface area contributed by atoms with Crippen LogP contribution < -0.4 is 19.7 Å². The van der Waals surface area contributed by atoms with E-state index in [1.165, 1.54) is 0 Å². The van der Waals surface area contributed by atoms with Crippen LogP contribution in [0.1, 0.15) is 24.0 Å². The third-order valence-electron chi connectivity index (χ3n) is 6.79. The summed E-state index contributed by atoms with van der Waals surface area (Å²) in [6.45, 7) is 0. The number of β-lactam (4-membered cyclic amide) rings is 1. The highest BCUT2D eigenvalue weighted by molar-refractivity contribution is 6.07. The summed E-state index contributed by atoms with van der Waals surface area (Å²) in [7, 11) is 1.58. The molecule has 2 amide bonds. The number of methoxy groups -OCH3 is 1. The SMILES string of the molecule is COc1ccc(N2C(=O)[C@@H](NC(=O)Cc3ccccc3)[C@H]2CCC(=O)C2Cc3ccccc3O2)cc1. The molecule has 0 aromatic heterocycles. The highest BCUT2D eigenvalue weighted by Gasteiger charge is 2.49. The van der Waals surface area contributed by atoms with Crippen LogP contribution in [0, 0.1) is 0 Å². The molecule has 3 aromatic rings. The van der Waals surface area contributed by atoms with Crippen LogP contribution in [0.15, 0.2) is 78.9 Å². The van der Waals surface area contributed by atoms with E-state index in [4.69, 9.17) is 9.47 Å². The van der Waals surface area contributed by atoms with Crippen molar-refractivity contribution in [2.24, 2.45) is 0 Å². The van der Waals surface area contributed by atoms with Crippen molar-refractivity contribution >= 4 is 23.3 Å². The zero-order valence-corrected chi connectivity index (χ0v) is 20.1. The van der Waals surface area contributed by atoms with Crippen molar-refractivity contribution in [2.75, 3.05) is 12.0 Å². The molecule has 1 unspecified atom stereocenters. The Kier molecular flexibility index (Phi) is 6.71. The molecule has 5 rings (SSSR count). The molecule has 36 heavy (non-hydrogen) atoms. The molecule has 3 aromatic carbocycles. The molecule has 0 radical (unpaired) electrons. The molecular weight excluding hydrogens is 456 g/mol. The van der Waals surface area contributed by atoms with Crippen LogP contribution in [0.25, 0.3) is 0 Å². The van der Waals surface area contributed by atoms with Crippen LogP contribution in [0.3, 0.4) is 0 Å². The Morgan fingerprint density at radius 2 is 1.72 bits per heavy atom. The van der Waals surface area contributed by atoms with E-state index in [-0.39, 0.29) is 36.5 Å². The van der Waals surface area contributed by atoms with Crippen molar-refractivity contribution < 1.29 is 23.9 Å². The van der Waals surface area contributed by atoms with Gasteiger partial charge in [-0.1, -0.05) is 48.5 Å². The maximum absolute atomic E-state index is 13.1. The lowest BCUT2D eigenvalue weighted by atomic mass is 9.88. The fourth-order valence-electron chi connectivity index (χ4n) is 4.88. The normalized spacial score (nSPS) is 20.2. The molecule has 2 aliphatic rings. The van der Waals surface area contributed by atoms with Gasteiger partial charge in [0, 0.05) is 18.5 Å². The van der Waals surface area contributed by atoms with E-state index in [2.05, 4.69) is 5.32 Å². The molecule has 0 aliphatic carbocycles. The molecule has 0 spiro atoms. The highest BCUT2D eigenvalue weighted by Crippen LogP contribution is 2.34. The number of ketones is 1. The Hall–Kier alpha value is -4.13. The van der Waals surface area contributed by atoms with Crippen LogP contribution in [0.5, 0.6) is 11.5 Å². The molecule has 7 heteroatoms. The number of anilines is 1. The standard InChI is InChI=1S/C29H28N2O5/c1-35-22-13-11-21(12-14-22)31-23(15-16-24(32)26-18-20-9-5-6-10-25(20)36-26)28(29(31)34)30-27(33)17-19-7-3-2-4-8-19/h2-14,23,26,28H,15-18H2,1H3,(H,30,33)/t23-,26?,28+/m1/s1. The number of ether oxygens (including phenoxy) is 2. The molecule has 0 bridgehead atoms. The third-order valence-corrected chi connectivity index (χ3v) is 6.79. The number of hydrogen-bond donors (Lipinski definition) is 1. The first kappa shape index (κ1) is 23.6. The minimum Gasteiger partial charge on any atom is -0.497 e. The van der Waals surface area contributed by atoms with Crippen molar-refractivity contribution in [3.8, 4) is 11.5 Å². The predicted molar refractivity (Wildman–Crippen MR) is 135 cm³/mol. The number of benzene rings is 3. The number of para-hydroxylation sites is 1. The summed E-state index contributed by atoms with van der Waals surface area (Å²) >= 11 is 0. The number of rotatable bonds is 9. The van der Waals surface area contributed by atoms with E-state index in [1.807, 2.05) is 66.7 Å². The summed E-state index contributed by atoms with van der Waals surface area (Å²) in [5.74, 6) is 1.02. The Morgan fingerprint density at radius 1 is 1.00 bits per heavy atom. The van der Waals surface area contributed by atoms with Gasteiger partial charge in [-0.05, 0) is 47.9 Å². The zero-order valence-electron chi connectivity index (χ0n) is 20.1. The summed E-state index contributed by atoms with van der Waals surface area (Å²) in [5.41, 5.74) is 2.61. The average Bonchev–Trinajstić information content (AvgIpc) is 3.35. The number of carbonyl (C=O) groups excluding carboxylic acids is 3. The molecule has 184 valence electrons. The van der Waals surface area contributed by atoms with Gasteiger partial charge in [0.25, 0.3) is 5.91 Å². The monoisotopic (exact) mass is 484 g/mol. The van der Waals surface area contributed by atoms with Crippen LogP contribution >= 0.6 is 0 Å². The van der Waals surface area contributed by atoms with E-state index in [0.29, 0.717) is 24.3 Å². The molecule has 7 nitrogen and oxygen atoms in total. The molecule has 2 heterocycles. The number of amides is 2. The minimum absolute atomic E-state index is 0.00501. The molecular formula is C29H28N2O5. The fraction of sp³-hybridized carbons (Fsp3) is 0.276. The van der Waals surface area contributed by atoms with Gasteiger partial charge in [-0.3, -0.25) is 14.4 Å². The molecule has 1 saturated heterocycles. The van der Waals surface area contributed by atoms with Gasteiger partial charge in [0.1, 0.15) is 17.5 Å². The second kappa shape index (κ2) is 10.2. The van der Waals surface area contributed by atoms with E-state index in [9.17, 15) is 14.4 Å². The lowest BCUT2D eigenvalue weighted by Gasteiger charge is -2.47. The topological polar surface area (TPSA) is 84.9 Å². The number of nitrogens with zero attached hydrogens (tertiary/aromatic N) is 1. The first-order chi connectivity index (χ1) is 17.5. The first-order valence-corrected chi connectivity index (χ1v) is 12.1.